The second-order valence-electron chi connectivity index (χ2n) is 5.75. The molecule has 24 heavy (non-hydrogen) atoms. The third-order valence-corrected chi connectivity index (χ3v) is 4.53. The second kappa shape index (κ2) is 6.46. The molecule has 0 aliphatic rings. The number of pyridine rings is 1. The van der Waals surface area contributed by atoms with E-state index < -0.39 is 12.1 Å². The van der Waals surface area contributed by atoms with E-state index in [4.69, 9.17) is 0 Å². The predicted octanol–water partition coefficient (Wildman–Crippen LogP) is 4.29. The van der Waals surface area contributed by atoms with Crippen LogP contribution in [0.4, 0.5) is 13.2 Å². The Morgan fingerprint density at radius 2 is 2.00 bits per heavy atom. The lowest BCUT2D eigenvalue weighted by molar-refractivity contribution is -0.159. The van der Waals surface area contributed by atoms with Crippen LogP contribution < -0.4 is 0 Å². The average molecular weight is 356 g/mol. The van der Waals surface area contributed by atoms with E-state index in [1.54, 1.807) is 34.5 Å². The van der Waals surface area contributed by atoms with Gasteiger partial charge in [-0.15, -0.1) is 0 Å². The van der Waals surface area contributed by atoms with Gasteiger partial charge in [0.1, 0.15) is 5.65 Å². The Balaban J connectivity index is 1.82. The van der Waals surface area contributed by atoms with E-state index in [0.29, 0.717) is 11.5 Å². The molecule has 0 atom stereocenters. The van der Waals surface area contributed by atoms with Crippen LogP contribution in [0.5, 0.6) is 0 Å². The normalized spacial score (nSPS) is 12.4. The van der Waals surface area contributed by atoms with Gasteiger partial charge in [-0.05, 0) is 23.8 Å². The summed E-state index contributed by atoms with van der Waals surface area (Å²) in [4.78, 5) is 7.88. The zero-order chi connectivity index (χ0) is 17.3. The van der Waals surface area contributed by atoms with Gasteiger partial charge in [-0.2, -0.15) is 29.9 Å². The van der Waals surface area contributed by atoms with Crippen molar-refractivity contribution in [2.45, 2.75) is 25.8 Å². The fraction of sp³-hybridized carbons (Fsp3) is 0.400. The van der Waals surface area contributed by atoms with Crippen LogP contribution in [-0.2, 0) is 11.9 Å². The molecule has 0 radical (unpaired) electrons. The first-order chi connectivity index (χ1) is 11.3. The van der Waals surface area contributed by atoms with Gasteiger partial charge in [-0.1, -0.05) is 19.0 Å². The maximum Gasteiger partial charge on any atom is 0.471 e. The molecule has 0 bridgehead atoms. The summed E-state index contributed by atoms with van der Waals surface area (Å²) in [6.07, 6.45) is -1.15. The van der Waals surface area contributed by atoms with Crippen molar-refractivity contribution in [3.05, 3.63) is 36.1 Å². The van der Waals surface area contributed by atoms with Crippen molar-refractivity contribution < 1.29 is 17.7 Å². The summed E-state index contributed by atoms with van der Waals surface area (Å²) in [5, 5.41) is 3.39. The van der Waals surface area contributed by atoms with Crippen LogP contribution in [0.3, 0.4) is 0 Å². The Morgan fingerprint density at radius 3 is 2.67 bits per heavy atom. The van der Waals surface area contributed by atoms with Gasteiger partial charge < -0.3 is 8.92 Å². The summed E-state index contributed by atoms with van der Waals surface area (Å²) >= 11 is 1.80. The third-order valence-electron chi connectivity index (χ3n) is 3.13. The molecule has 3 aromatic rings. The van der Waals surface area contributed by atoms with Crippen molar-refractivity contribution in [3.63, 3.8) is 0 Å². The van der Waals surface area contributed by atoms with Gasteiger partial charge in [0, 0.05) is 23.7 Å². The van der Waals surface area contributed by atoms with Crippen LogP contribution in [0.1, 0.15) is 25.4 Å². The summed E-state index contributed by atoms with van der Waals surface area (Å²) < 4.78 is 43.6. The molecule has 0 aliphatic heterocycles. The molecule has 0 aliphatic carbocycles. The molecule has 0 fully saturated rings. The van der Waals surface area contributed by atoms with Crippen molar-refractivity contribution >= 4 is 17.4 Å². The molecule has 0 saturated carbocycles. The number of thioether (sulfide) groups is 1. The van der Waals surface area contributed by atoms with Crippen LogP contribution in [-0.4, -0.2) is 25.3 Å². The Morgan fingerprint density at radius 1 is 1.21 bits per heavy atom. The number of hydrogen-bond acceptors (Lipinski definition) is 5. The summed E-state index contributed by atoms with van der Waals surface area (Å²) in [5.41, 5.74) is 2.07. The molecule has 0 aromatic carbocycles. The molecule has 0 unspecified atom stereocenters. The first-order valence-corrected chi connectivity index (χ1v) is 8.45. The zero-order valence-electron chi connectivity index (χ0n) is 13.0. The fourth-order valence-electron chi connectivity index (χ4n) is 2.10. The van der Waals surface area contributed by atoms with Crippen molar-refractivity contribution in [2.75, 3.05) is 5.75 Å². The topological polar surface area (TPSA) is 56.2 Å². The first-order valence-electron chi connectivity index (χ1n) is 7.29. The summed E-state index contributed by atoms with van der Waals surface area (Å²) in [6, 6.07) is 3.34. The lowest BCUT2D eigenvalue weighted by Crippen LogP contribution is -2.04. The Kier molecular flexibility index (Phi) is 4.53. The fourth-order valence-corrected chi connectivity index (χ4v) is 3.04. The standard InChI is InChI=1S/C15H15F3N4OS/c1-9(2)7-24-8-11-6-22-5-10(3-4-12(22)19-11)13-20-14(23-21-13)15(16,17)18/h3-6,9H,7-8H2,1-2H3. The minimum atomic E-state index is -4.65. The third kappa shape index (κ3) is 3.72. The van der Waals surface area contributed by atoms with Gasteiger partial charge in [0.15, 0.2) is 0 Å². The van der Waals surface area contributed by atoms with Crippen LogP contribution in [0.25, 0.3) is 17.0 Å². The highest BCUT2D eigenvalue weighted by Crippen LogP contribution is 2.29. The molecular weight excluding hydrogens is 341 g/mol. The van der Waals surface area contributed by atoms with Crippen molar-refractivity contribution in [1.82, 2.24) is 19.5 Å². The maximum absolute atomic E-state index is 12.5. The average Bonchev–Trinajstić information content (AvgIpc) is 3.12. The van der Waals surface area contributed by atoms with E-state index in [1.807, 2.05) is 6.20 Å². The lowest BCUT2D eigenvalue weighted by atomic mass is 10.3. The van der Waals surface area contributed by atoms with Crippen LogP contribution in [0, 0.1) is 5.92 Å². The van der Waals surface area contributed by atoms with E-state index in [-0.39, 0.29) is 5.82 Å². The number of fused-ring (bicyclic) bond motifs is 1. The van der Waals surface area contributed by atoms with Gasteiger partial charge in [0.05, 0.1) is 5.69 Å². The SMILES string of the molecule is CC(C)CSCc1cn2cc(-c3noc(C(F)(F)F)n3)ccc2n1. The number of alkyl halides is 3. The molecule has 3 heterocycles. The Labute approximate surface area is 140 Å². The molecule has 3 aromatic heterocycles. The number of aromatic nitrogens is 4. The quantitative estimate of drug-likeness (QED) is 0.682. The highest BCUT2D eigenvalue weighted by Gasteiger charge is 2.38. The molecular formula is C15H15F3N4OS. The lowest BCUT2D eigenvalue weighted by Gasteiger charge is -2.01. The molecule has 5 nitrogen and oxygen atoms in total. The smallest absolute Gasteiger partial charge is 0.329 e. The summed E-state index contributed by atoms with van der Waals surface area (Å²) in [7, 11) is 0. The van der Waals surface area contributed by atoms with Crippen LogP contribution in [0.15, 0.2) is 29.0 Å². The molecule has 0 spiro atoms. The van der Waals surface area contributed by atoms with E-state index in [9.17, 15) is 13.2 Å². The van der Waals surface area contributed by atoms with E-state index in [2.05, 4.69) is 33.5 Å². The van der Waals surface area contributed by atoms with E-state index >= 15 is 0 Å². The van der Waals surface area contributed by atoms with Crippen LogP contribution >= 0.6 is 11.8 Å². The van der Waals surface area contributed by atoms with E-state index in [1.165, 1.54) is 0 Å². The zero-order valence-corrected chi connectivity index (χ0v) is 13.9. The van der Waals surface area contributed by atoms with Gasteiger partial charge in [0.2, 0.25) is 5.82 Å². The Bertz CT molecular complexity index is 841. The number of rotatable bonds is 5. The number of imidazole rings is 1. The second-order valence-corrected chi connectivity index (χ2v) is 6.78. The number of nitrogens with zero attached hydrogens (tertiary/aromatic N) is 4. The first kappa shape index (κ1) is 16.8. The summed E-state index contributed by atoms with van der Waals surface area (Å²) in [5.74, 6) is 0.986. The molecule has 0 N–H and O–H groups in total. The maximum atomic E-state index is 12.5. The minimum Gasteiger partial charge on any atom is -0.329 e. The number of halogens is 3. The highest BCUT2D eigenvalue weighted by atomic mass is 32.2. The van der Waals surface area contributed by atoms with E-state index in [0.717, 1.165) is 22.8 Å². The predicted molar refractivity (Wildman–Crippen MR) is 84.5 cm³/mol. The Hall–Kier alpha value is -2.03. The summed E-state index contributed by atoms with van der Waals surface area (Å²) in [6.45, 7) is 4.31. The van der Waals surface area contributed by atoms with Gasteiger partial charge >= 0.3 is 12.1 Å². The van der Waals surface area contributed by atoms with Crippen molar-refractivity contribution in [3.8, 4) is 11.4 Å². The minimum absolute atomic E-state index is 0.103. The van der Waals surface area contributed by atoms with Gasteiger partial charge in [-0.3, -0.25) is 0 Å². The molecule has 0 saturated heterocycles. The van der Waals surface area contributed by atoms with Crippen molar-refractivity contribution in [2.24, 2.45) is 5.92 Å². The van der Waals surface area contributed by atoms with Crippen LogP contribution in [0.2, 0.25) is 0 Å². The molecule has 0 amide bonds. The largest absolute Gasteiger partial charge is 0.471 e. The molecule has 3 rings (SSSR count). The highest BCUT2D eigenvalue weighted by molar-refractivity contribution is 7.98. The molecule has 128 valence electrons. The van der Waals surface area contributed by atoms with Gasteiger partial charge in [-0.25, -0.2) is 4.98 Å². The number of hydrogen-bond donors (Lipinski definition) is 0. The van der Waals surface area contributed by atoms with Gasteiger partial charge in [0.25, 0.3) is 0 Å². The monoisotopic (exact) mass is 356 g/mol. The molecule has 9 heteroatoms. The van der Waals surface area contributed by atoms with Crippen molar-refractivity contribution in [1.29, 1.82) is 0 Å².